The number of carbonyl (C=O) groups excluding carboxylic acids is 2. The van der Waals surface area contributed by atoms with Crippen molar-refractivity contribution in [3.05, 3.63) is 95.1 Å². The van der Waals surface area contributed by atoms with Crippen molar-refractivity contribution in [2.45, 2.75) is 46.1 Å². The molecule has 0 aliphatic carbocycles. The van der Waals surface area contributed by atoms with Crippen LogP contribution in [0.4, 0.5) is 5.69 Å². The van der Waals surface area contributed by atoms with Crippen molar-refractivity contribution in [2.75, 3.05) is 18.1 Å². The quantitative estimate of drug-likeness (QED) is 0.147. The number of hydrogen-bond acceptors (Lipinski definition) is 5. The largest absolute Gasteiger partial charge is 0.507 e. The van der Waals surface area contributed by atoms with Gasteiger partial charge in [-0.2, -0.15) is 0 Å². The van der Waals surface area contributed by atoms with Gasteiger partial charge in [0.25, 0.3) is 11.7 Å². The number of amides is 1. The van der Waals surface area contributed by atoms with Gasteiger partial charge in [0.2, 0.25) is 0 Å². The molecule has 1 N–H and O–H groups in total. The number of aliphatic hydroxyl groups is 1. The highest BCUT2D eigenvalue weighted by atomic mass is 16.5. The number of nitrogens with zero attached hydrogens (tertiary/aromatic N) is 1. The normalized spacial score (nSPS) is 16.7. The topological polar surface area (TPSA) is 76.1 Å². The first kappa shape index (κ1) is 26.0. The van der Waals surface area contributed by atoms with Crippen molar-refractivity contribution in [1.82, 2.24) is 0 Å². The van der Waals surface area contributed by atoms with Crippen LogP contribution < -0.4 is 14.4 Å². The minimum absolute atomic E-state index is 0.0378. The molecule has 4 rings (SSSR count). The Balaban J connectivity index is 1.77. The van der Waals surface area contributed by atoms with Crippen molar-refractivity contribution in [3.8, 4) is 11.5 Å². The summed E-state index contributed by atoms with van der Waals surface area (Å²) in [6.45, 7) is 7.09. The third-order valence-electron chi connectivity index (χ3n) is 6.39. The van der Waals surface area contributed by atoms with E-state index >= 15 is 0 Å². The highest BCUT2D eigenvalue weighted by Crippen LogP contribution is 2.43. The molecule has 1 heterocycles. The first-order valence-electron chi connectivity index (χ1n) is 12.8. The Morgan fingerprint density at radius 2 is 1.62 bits per heavy atom. The lowest BCUT2D eigenvalue weighted by Gasteiger charge is -2.26. The Morgan fingerprint density at radius 3 is 2.30 bits per heavy atom. The van der Waals surface area contributed by atoms with E-state index in [4.69, 9.17) is 9.47 Å². The third kappa shape index (κ3) is 5.69. The van der Waals surface area contributed by atoms with E-state index in [9.17, 15) is 14.7 Å². The molecule has 1 aliphatic heterocycles. The number of ether oxygens (including phenoxy) is 2. The zero-order chi connectivity index (χ0) is 26.4. The number of aliphatic hydroxyl groups excluding tert-OH is 1. The van der Waals surface area contributed by atoms with Gasteiger partial charge in [0.15, 0.2) is 0 Å². The van der Waals surface area contributed by atoms with Gasteiger partial charge < -0.3 is 14.6 Å². The molecule has 37 heavy (non-hydrogen) atoms. The number of aryl methyl sites for hydroxylation is 1. The third-order valence-corrected chi connectivity index (χ3v) is 6.39. The highest BCUT2D eigenvalue weighted by Gasteiger charge is 2.47. The van der Waals surface area contributed by atoms with Crippen molar-refractivity contribution in [1.29, 1.82) is 0 Å². The second-order valence-corrected chi connectivity index (χ2v) is 9.09. The molecule has 0 aromatic heterocycles. The maximum Gasteiger partial charge on any atom is 0.300 e. The maximum atomic E-state index is 13.4. The summed E-state index contributed by atoms with van der Waals surface area (Å²) in [6, 6.07) is 20.8. The average Bonchev–Trinajstić information content (AvgIpc) is 3.17. The minimum Gasteiger partial charge on any atom is -0.507 e. The molecule has 1 saturated heterocycles. The summed E-state index contributed by atoms with van der Waals surface area (Å²) >= 11 is 0. The van der Waals surface area contributed by atoms with Crippen molar-refractivity contribution < 1.29 is 24.2 Å². The molecule has 1 atom stereocenters. The molecule has 1 unspecified atom stereocenters. The van der Waals surface area contributed by atoms with Crippen LogP contribution in [-0.2, 0) is 9.59 Å². The lowest BCUT2D eigenvalue weighted by atomic mass is 9.95. The van der Waals surface area contributed by atoms with Crippen molar-refractivity contribution >= 4 is 23.1 Å². The molecule has 1 amide bonds. The molecule has 0 saturated carbocycles. The fourth-order valence-corrected chi connectivity index (χ4v) is 4.47. The van der Waals surface area contributed by atoms with E-state index in [1.807, 2.05) is 62.4 Å². The van der Waals surface area contributed by atoms with Gasteiger partial charge in [-0.15, -0.1) is 0 Å². The number of ketones is 1. The Morgan fingerprint density at radius 1 is 0.892 bits per heavy atom. The molecule has 0 radical (unpaired) electrons. The van der Waals surface area contributed by atoms with E-state index in [1.54, 1.807) is 24.3 Å². The van der Waals surface area contributed by atoms with Gasteiger partial charge in [-0.1, -0.05) is 49.6 Å². The molecule has 1 aliphatic rings. The smallest absolute Gasteiger partial charge is 0.300 e. The summed E-state index contributed by atoms with van der Waals surface area (Å²) < 4.78 is 11.5. The van der Waals surface area contributed by atoms with Gasteiger partial charge in [-0.25, -0.2) is 0 Å². The average molecular weight is 500 g/mol. The molecule has 6 heteroatoms. The molecule has 0 bridgehead atoms. The van der Waals surface area contributed by atoms with E-state index in [0.717, 1.165) is 24.8 Å². The number of unbranched alkanes of at least 4 members (excludes halogenated alkanes) is 2. The van der Waals surface area contributed by atoms with Gasteiger partial charge in [-0.3, -0.25) is 14.5 Å². The molecular formula is C31H33NO5. The van der Waals surface area contributed by atoms with Crippen LogP contribution in [0.15, 0.2) is 78.4 Å². The maximum absolute atomic E-state index is 13.4. The SMILES string of the molecule is CCCCCOc1ccc(/C(O)=C2/C(=O)C(=O)N(c3ccc(C)cc3)C2c2cccc(OCC)c2)cc1. The standard InChI is InChI=1S/C31H33NO5/c1-4-6-7-19-37-25-17-13-22(14-18-25)29(33)27-28(23-9-8-10-26(20-23)36-5-2)32(31(35)30(27)34)24-15-11-21(3)12-16-24/h8-18,20,28,33H,4-7,19H2,1-3H3/b29-27-. The number of hydrogen-bond donors (Lipinski definition) is 1. The predicted molar refractivity (Wildman–Crippen MR) is 145 cm³/mol. The summed E-state index contributed by atoms with van der Waals surface area (Å²) in [5, 5.41) is 11.4. The van der Waals surface area contributed by atoms with Crippen LogP contribution in [0, 0.1) is 6.92 Å². The van der Waals surface area contributed by atoms with Gasteiger partial charge in [0.05, 0.1) is 24.8 Å². The van der Waals surface area contributed by atoms with Crippen LogP contribution in [0.1, 0.15) is 55.8 Å². The predicted octanol–water partition coefficient (Wildman–Crippen LogP) is 6.59. The Bertz CT molecular complexity index is 1280. The summed E-state index contributed by atoms with van der Waals surface area (Å²) in [5.41, 5.74) is 2.76. The van der Waals surface area contributed by atoms with Crippen LogP contribution >= 0.6 is 0 Å². The monoisotopic (exact) mass is 499 g/mol. The summed E-state index contributed by atoms with van der Waals surface area (Å²) in [4.78, 5) is 28.2. The van der Waals surface area contributed by atoms with Crippen LogP contribution in [0.5, 0.6) is 11.5 Å². The van der Waals surface area contributed by atoms with Gasteiger partial charge in [-0.05, 0) is 74.4 Å². The van der Waals surface area contributed by atoms with E-state index < -0.39 is 17.7 Å². The molecule has 192 valence electrons. The van der Waals surface area contributed by atoms with E-state index in [2.05, 4.69) is 6.92 Å². The fraction of sp³-hybridized carbons (Fsp3) is 0.290. The minimum atomic E-state index is -0.812. The highest BCUT2D eigenvalue weighted by molar-refractivity contribution is 6.51. The second kappa shape index (κ2) is 11.8. The zero-order valence-corrected chi connectivity index (χ0v) is 21.6. The van der Waals surface area contributed by atoms with Gasteiger partial charge >= 0.3 is 0 Å². The van der Waals surface area contributed by atoms with E-state index in [-0.39, 0.29) is 11.3 Å². The van der Waals surface area contributed by atoms with Crippen molar-refractivity contribution in [2.24, 2.45) is 0 Å². The van der Waals surface area contributed by atoms with Crippen molar-refractivity contribution in [3.63, 3.8) is 0 Å². The number of anilines is 1. The second-order valence-electron chi connectivity index (χ2n) is 9.09. The van der Waals surface area contributed by atoms with Crippen LogP contribution in [0.2, 0.25) is 0 Å². The summed E-state index contributed by atoms with van der Waals surface area (Å²) in [5.74, 6) is -0.331. The van der Waals surface area contributed by atoms with Gasteiger partial charge in [0, 0.05) is 11.3 Å². The van der Waals surface area contributed by atoms with E-state index in [1.165, 1.54) is 4.90 Å². The number of Topliss-reactive ketones (excluding diaryl/α,β-unsaturated/α-hetero) is 1. The summed E-state index contributed by atoms with van der Waals surface area (Å²) in [7, 11) is 0. The molecule has 6 nitrogen and oxygen atoms in total. The van der Waals surface area contributed by atoms with Crippen LogP contribution in [0.3, 0.4) is 0 Å². The number of rotatable bonds is 10. The molecule has 3 aromatic carbocycles. The molecule has 3 aromatic rings. The fourth-order valence-electron chi connectivity index (χ4n) is 4.47. The molecular weight excluding hydrogens is 466 g/mol. The van der Waals surface area contributed by atoms with Gasteiger partial charge in [0.1, 0.15) is 17.3 Å². The molecule has 1 fully saturated rings. The Labute approximate surface area is 218 Å². The first-order chi connectivity index (χ1) is 17.9. The zero-order valence-electron chi connectivity index (χ0n) is 21.6. The summed E-state index contributed by atoms with van der Waals surface area (Å²) in [6.07, 6.45) is 3.19. The molecule has 0 spiro atoms. The lowest BCUT2D eigenvalue weighted by Crippen LogP contribution is -2.29. The Kier molecular flexibility index (Phi) is 8.29. The van der Waals surface area contributed by atoms with Crippen LogP contribution in [-0.4, -0.2) is 30.0 Å². The lowest BCUT2D eigenvalue weighted by molar-refractivity contribution is -0.132. The van der Waals surface area contributed by atoms with Crippen LogP contribution in [0.25, 0.3) is 5.76 Å². The Hall–Kier alpha value is -4.06. The number of benzene rings is 3. The first-order valence-corrected chi connectivity index (χ1v) is 12.8. The number of carbonyl (C=O) groups is 2. The van der Waals surface area contributed by atoms with E-state index in [0.29, 0.717) is 41.5 Å².